The molecule has 2 aromatic rings. The average Bonchev–Trinajstić information content (AvgIpc) is 3.02. The quantitative estimate of drug-likeness (QED) is 0.852. The van der Waals surface area contributed by atoms with Gasteiger partial charge in [0.1, 0.15) is 16.5 Å². The molecule has 1 aromatic heterocycles. The molecule has 1 aromatic carbocycles. The summed E-state index contributed by atoms with van der Waals surface area (Å²) in [6, 6.07) is 2.70. The van der Waals surface area contributed by atoms with Crippen molar-refractivity contribution in [1.82, 2.24) is 14.3 Å². The zero-order valence-electron chi connectivity index (χ0n) is 13.0. The molecule has 0 saturated heterocycles. The zero-order chi connectivity index (χ0) is 17.3. The summed E-state index contributed by atoms with van der Waals surface area (Å²) in [6.07, 6.45) is 5.34. The summed E-state index contributed by atoms with van der Waals surface area (Å²) in [5.41, 5.74) is 0. The molecule has 2 heterocycles. The van der Waals surface area contributed by atoms with E-state index in [1.54, 1.807) is 6.20 Å². The Kier molecular flexibility index (Phi) is 5.05. The van der Waals surface area contributed by atoms with E-state index in [2.05, 4.69) is 14.3 Å². The van der Waals surface area contributed by atoms with Crippen LogP contribution in [-0.4, -0.2) is 31.6 Å². The van der Waals surface area contributed by atoms with Crippen LogP contribution in [0.4, 0.5) is 0 Å². The van der Waals surface area contributed by atoms with Gasteiger partial charge in [-0.05, 0) is 18.4 Å². The number of benzene rings is 1. The predicted octanol–water partition coefficient (Wildman–Crippen LogP) is 2.74. The van der Waals surface area contributed by atoms with Crippen molar-refractivity contribution in [3.63, 3.8) is 0 Å². The van der Waals surface area contributed by atoms with E-state index >= 15 is 0 Å². The highest BCUT2D eigenvalue weighted by Crippen LogP contribution is 2.33. The van der Waals surface area contributed by atoms with Crippen molar-refractivity contribution in [2.24, 2.45) is 5.92 Å². The van der Waals surface area contributed by atoms with Crippen molar-refractivity contribution in [3.8, 4) is 5.75 Å². The highest BCUT2D eigenvalue weighted by atomic mass is 35.5. The van der Waals surface area contributed by atoms with Gasteiger partial charge in [-0.25, -0.2) is 18.1 Å². The van der Waals surface area contributed by atoms with Gasteiger partial charge in [-0.15, -0.1) is 0 Å². The van der Waals surface area contributed by atoms with Gasteiger partial charge in [-0.2, -0.15) is 0 Å². The number of ether oxygens (including phenoxy) is 1. The van der Waals surface area contributed by atoms with Gasteiger partial charge in [0.25, 0.3) is 0 Å². The fourth-order valence-electron chi connectivity index (χ4n) is 2.77. The molecule has 0 amide bonds. The number of sulfonamides is 1. The third-order valence-corrected chi connectivity index (χ3v) is 6.29. The number of hydrogen-bond acceptors (Lipinski definition) is 4. The minimum atomic E-state index is -3.75. The molecule has 6 nitrogen and oxygen atoms in total. The monoisotopic (exact) mass is 389 g/mol. The lowest BCUT2D eigenvalue weighted by Gasteiger charge is -2.23. The molecule has 0 saturated carbocycles. The third-order valence-electron chi connectivity index (χ3n) is 4.11. The van der Waals surface area contributed by atoms with Crippen molar-refractivity contribution < 1.29 is 13.2 Å². The molecule has 1 N–H and O–H groups in total. The number of nitrogens with one attached hydrogen (secondary N) is 1. The second-order valence-electron chi connectivity index (χ2n) is 5.66. The van der Waals surface area contributed by atoms with Crippen LogP contribution in [0.3, 0.4) is 0 Å². The molecule has 0 unspecified atom stereocenters. The summed E-state index contributed by atoms with van der Waals surface area (Å²) in [7, 11) is -2.31. The second kappa shape index (κ2) is 6.92. The maximum Gasteiger partial charge on any atom is 0.242 e. The Morgan fingerprint density at radius 2 is 2.17 bits per heavy atom. The average molecular weight is 390 g/mol. The Bertz CT molecular complexity index is 852. The van der Waals surface area contributed by atoms with Gasteiger partial charge in [-0.3, -0.25) is 0 Å². The molecule has 0 fully saturated rings. The van der Waals surface area contributed by atoms with E-state index in [1.807, 2.05) is 6.20 Å². The van der Waals surface area contributed by atoms with Gasteiger partial charge in [0.05, 0.1) is 17.2 Å². The lowest BCUT2D eigenvalue weighted by Crippen LogP contribution is -2.33. The van der Waals surface area contributed by atoms with Crippen molar-refractivity contribution in [1.29, 1.82) is 0 Å². The number of imidazole rings is 1. The summed E-state index contributed by atoms with van der Waals surface area (Å²) < 4.78 is 34.8. The van der Waals surface area contributed by atoms with Crippen LogP contribution in [0.5, 0.6) is 5.75 Å². The van der Waals surface area contributed by atoms with Gasteiger partial charge in [0.15, 0.2) is 0 Å². The van der Waals surface area contributed by atoms with Crippen LogP contribution in [0.25, 0.3) is 0 Å². The first-order chi connectivity index (χ1) is 11.4. The molecule has 1 aliphatic rings. The van der Waals surface area contributed by atoms with Crippen molar-refractivity contribution in [3.05, 3.63) is 40.4 Å². The number of nitrogens with zero attached hydrogens (tertiary/aromatic N) is 2. The van der Waals surface area contributed by atoms with Crippen LogP contribution in [0.1, 0.15) is 12.2 Å². The summed E-state index contributed by atoms with van der Waals surface area (Å²) in [6.45, 7) is 1.17. The van der Waals surface area contributed by atoms with Crippen molar-refractivity contribution in [2.75, 3.05) is 13.7 Å². The van der Waals surface area contributed by atoms with Crippen LogP contribution in [0.2, 0.25) is 10.0 Å². The number of hydrogen-bond donors (Lipinski definition) is 1. The molecule has 24 heavy (non-hydrogen) atoms. The zero-order valence-corrected chi connectivity index (χ0v) is 15.3. The lowest BCUT2D eigenvalue weighted by molar-refractivity contribution is 0.379. The van der Waals surface area contributed by atoms with E-state index in [0.29, 0.717) is 12.3 Å². The standard InChI is InChI=1S/C15H17Cl2N3O3S/c1-23-13-7-12(17)14(8-11(13)16)24(21,22)19-9-10-2-4-20-5-3-18-15(20)6-10/h3,5,7-8,10,19H,2,4,6,9H2,1H3/t10-/m1/s1. The smallest absolute Gasteiger partial charge is 0.242 e. The molecule has 9 heteroatoms. The summed E-state index contributed by atoms with van der Waals surface area (Å²) in [5.74, 6) is 1.51. The molecular weight excluding hydrogens is 373 g/mol. The molecule has 1 atom stereocenters. The van der Waals surface area contributed by atoms with Gasteiger partial charge in [0.2, 0.25) is 10.0 Å². The first-order valence-electron chi connectivity index (χ1n) is 7.43. The maximum atomic E-state index is 12.5. The predicted molar refractivity (Wildman–Crippen MR) is 92.2 cm³/mol. The van der Waals surface area contributed by atoms with Gasteiger partial charge in [0, 0.05) is 38.0 Å². The van der Waals surface area contributed by atoms with E-state index < -0.39 is 10.0 Å². The number of methoxy groups -OCH3 is 1. The third kappa shape index (κ3) is 3.54. The van der Waals surface area contributed by atoms with Crippen LogP contribution < -0.4 is 9.46 Å². The number of halogens is 2. The highest BCUT2D eigenvalue weighted by molar-refractivity contribution is 7.89. The fraction of sp³-hybridized carbons (Fsp3) is 0.400. The van der Waals surface area contributed by atoms with E-state index in [0.717, 1.165) is 25.2 Å². The number of rotatable bonds is 5. The SMILES string of the molecule is COc1cc(Cl)c(S(=O)(=O)NC[C@@H]2CCn3ccnc3C2)cc1Cl. The van der Waals surface area contributed by atoms with Crippen LogP contribution in [-0.2, 0) is 23.0 Å². The topological polar surface area (TPSA) is 73.2 Å². The number of aromatic nitrogens is 2. The van der Waals surface area contributed by atoms with Gasteiger partial charge in [-0.1, -0.05) is 23.2 Å². The molecule has 1 aliphatic heterocycles. The maximum absolute atomic E-state index is 12.5. The van der Waals surface area contributed by atoms with E-state index in [9.17, 15) is 8.42 Å². The minimum Gasteiger partial charge on any atom is -0.495 e. The van der Waals surface area contributed by atoms with Crippen molar-refractivity contribution >= 4 is 33.2 Å². The lowest BCUT2D eigenvalue weighted by atomic mass is 9.98. The first kappa shape index (κ1) is 17.5. The Hall–Kier alpha value is -1.28. The summed E-state index contributed by atoms with van der Waals surface area (Å²) in [5, 5.41) is 0.268. The van der Waals surface area contributed by atoms with E-state index in [4.69, 9.17) is 27.9 Å². The van der Waals surface area contributed by atoms with E-state index in [1.165, 1.54) is 19.2 Å². The Labute approximate surface area is 150 Å². The molecular formula is C15H17Cl2N3O3S. The van der Waals surface area contributed by atoms with E-state index in [-0.39, 0.29) is 20.9 Å². The number of aryl methyl sites for hydroxylation is 1. The molecule has 0 radical (unpaired) electrons. The van der Waals surface area contributed by atoms with Crippen LogP contribution in [0.15, 0.2) is 29.4 Å². The Morgan fingerprint density at radius 1 is 1.38 bits per heavy atom. The van der Waals surface area contributed by atoms with Crippen molar-refractivity contribution in [2.45, 2.75) is 24.3 Å². The van der Waals surface area contributed by atoms with Crippen LogP contribution >= 0.6 is 23.2 Å². The summed E-state index contributed by atoms with van der Waals surface area (Å²) in [4.78, 5) is 4.24. The minimum absolute atomic E-state index is 0.0488. The first-order valence-corrected chi connectivity index (χ1v) is 9.67. The summed E-state index contributed by atoms with van der Waals surface area (Å²) >= 11 is 12.1. The number of fused-ring (bicyclic) bond motifs is 1. The molecule has 130 valence electrons. The Balaban J connectivity index is 1.72. The second-order valence-corrected chi connectivity index (χ2v) is 8.21. The van der Waals surface area contributed by atoms with Gasteiger partial charge < -0.3 is 9.30 Å². The fourth-order valence-corrected chi connectivity index (χ4v) is 4.73. The Morgan fingerprint density at radius 3 is 2.92 bits per heavy atom. The molecule has 3 rings (SSSR count). The normalized spacial score (nSPS) is 17.5. The molecule has 0 spiro atoms. The molecule has 0 bridgehead atoms. The largest absolute Gasteiger partial charge is 0.495 e. The van der Waals surface area contributed by atoms with Crippen LogP contribution in [0, 0.1) is 5.92 Å². The van der Waals surface area contributed by atoms with Gasteiger partial charge >= 0.3 is 0 Å². The highest BCUT2D eigenvalue weighted by Gasteiger charge is 2.24. The molecule has 0 aliphatic carbocycles.